The van der Waals surface area contributed by atoms with Crippen molar-refractivity contribution in [3.8, 4) is 0 Å². The summed E-state index contributed by atoms with van der Waals surface area (Å²) in [5, 5.41) is 13.4. The van der Waals surface area contributed by atoms with Crippen LogP contribution in [0, 0.1) is 25.5 Å². The minimum Gasteiger partial charge on any atom is -0.466 e. The van der Waals surface area contributed by atoms with Crippen LogP contribution in [0.2, 0.25) is 0 Å². The fraction of sp³-hybridized carbons (Fsp3) is 0.375. The lowest BCUT2D eigenvalue weighted by molar-refractivity contribution is 0.0551. The van der Waals surface area contributed by atoms with E-state index in [1.54, 1.807) is 19.9 Å². The Hall–Kier alpha value is -1.72. The Morgan fingerprint density at radius 2 is 1.95 bits per heavy atom. The van der Waals surface area contributed by atoms with E-state index >= 15 is 0 Å². The van der Waals surface area contributed by atoms with Crippen LogP contribution >= 0.6 is 0 Å². The van der Waals surface area contributed by atoms with Gasteiger partial charge in [0.2, 0.25) is 0 Å². The topological polar surface area (TPSA) is 45.4 Å². The second-order valence-corrected chi connectivity index (χ2v) is 5.44. The highest BCUT2D eigenvalue weighted by Gasteiger charge is 2.27. The lowest BCUT2D eigenvalue weighted by atomic mass is 9.96. The van der Waals surface area contributed by atoms with Crippen LogP contribution in [-0.4, -0.2) is 11.7 Å². The van der Waals surface area contributed by atoms with Crippen LogP contribution in [-0.2, 0) is 12.1 Å². The third-order valence-electron chi connectivity index (χ3n) is 3.41. The largest absolute Gasteiger partial charge is 0.466 e. The molecule has 2 aromatic rings. The Bertz CT molecular complexity index is 635. The van der Waals surface area contributed by atoms with Crippen molar-refractivity contribution in [3.05, 3.63) is 58.5 Å². The van der Waals surface area contributed by atoms with Gasteiger partial charge in [-0.05, 0) is 45.0 Å². The molecular formula is C16H19F2NO2. The van der Waals surface area contributed by atoms with Gasteiger partial charge < -0.3 is 14.8 Å². The van der Waals surface area contributed by atoms with Gasteiger partial charge in [0.05, 0.1) is 0 Å². The average Bonchev–Trinajstić information content (AvgIpc) is 2.73. The summed E-state index contributed by atoms with van der Waals surface area (Å²) in [4.78, 5) is 0. The normalized spacial score (nSPS) is 14.2. The molecule has 1 unspecified atom stereocenters. The zero-order valence-corrected chi connectivity index (χ0v) is 12.3. The molecule has 0 aliphatic heterocycles. The Morgan fingerprint density at radius 1 is 1.24 bits per heavy atom. The smallest absolute Gasteiger partial charge is 0.127 e. The van der Waals surface area contributed by atoms with Crippen LogP contribution in [0.1, 0.15) is 29.6 Å². The second-order valence-electron chi connectivity index (χ2n) is 5.44. The van der Waals surface area contributed by atoms with E-state index in [1.165, 1.54) is 0 Å². The van der Waals surface area contributed by atoms with E-state index in [9.17, 15) is 13.9 Å². The number of nitrogens with one attached hydrogen (secondary N) is 1. The van der Waals surface area contributed by atoms with E-state index in [-0.39, 0.29) is 18.7 Å². The quantitative estimate of drug-likeness (QED) is 0.890. The third kappa shape index (κ3) is 3.68. The van der Waals surface area contributed by atoms with Gasteiger partial charge >= 0.3 is 0 Å². The third-order valence-corrected chi connectivity index (χ3v) is 3.41. The summed E-state index contributed by atoms with van der Waals surface area (Å²) < 4.78 is 32.0. The van der Waals surface area contributed by atoms with Crippen molar-refractivity contribution in [3.63, 3.8) is 0 Å². The zero-order valence-electron chi connectivity index (χ0n) is 12.3. The fourth-order valence-electron chi connectivity index (χ4n) is 2.38. The molecule has 0 aliphatic carbocycles. The molecule has 2 rings (SSSR count). The molecule has 1 heterocycles. The van der Waals surface area contributed by atoms with Gasteiger partial charge in [-0.2, -0.15) is 0 Å². The van der Waals surface area contributed by atoms with Crippen LogP contribution < -0.4 is 5.32 Å². The fourth-order valence-corrected chi connectivity index (χ4v) is 2.38. The van der Waals surface area contributed by atoms with Gasteiger partial charge in [0.15, 0.2) is 0 Å². The van der Waals surface area contributed by atoms with E-state index in [4.69, 9.17) is 4.42 Å². The molecule has 0 fully saturated rings. The van der Waals surface area contributed by atoms with Crippen LogP contribution in [0.4, 0.5) is 8.78 Å². The lowest BCUT2D eigenvalue weighted by Crippen LogP contribution is -2.35. The molecule has 0 radical (unpaired) electrons. The first-order valence-electron chi connectivity index (χ1n) is 6.74. The molecule has 2 N–H and O–H groups in total. The molecule has 0 aliphatic rings. The molecule has 114 valence electrons. The Balaban J connectivity index is 2.02. The standard InChI is InChI=1S/C16H19F2NO2/c1-10-6-14(11(2)21-10)16(3,20)9-19-8-12-7-13(17)4-5-15(12)18/h4-7,19-20H,8-9H2,1-3H3. The SMILES string of the molecule is Cc1cc(C(C)(O)CNCc2cc(F)ccc2F)c(C)o1. The van der Waals surface area contributed by atoms with Crippen molar-refractivity contribution in [1.82, 2.24) is 5.32 Å². The summed E-state index contributed by atoms with van der Waals surface area (Å²) in [5.41, 5.74) is -0.232. The van der Waals surface area contributed by atoms with Crippen LogP contribution in [0.15, 0.2) is 28.7 Å². The van der Waals surface area contributed by atoms with Crippen LogP contribution in [0.3, 0.4) is 0 Å². The van der Waals surface area contributed by atoms with Crippen molar-refractivity contribution in [2.24, 2.45) is 0 Å². The zero-order chi connectivity index (χ0) is 15.6. The summed E-state index contributed by atoms with van der Waals surface area (Å²) in [6.45, 7) is 5.57. The van der Waals surface area contributed by atoms with Gasteiger partial charge in [0, 0.05) is 24.2 Å². The van der Waals surface area contributed by atoms with E-state index in [0.29, 0.717) is 11.3 Å². The van der Waals surface area contributed by atoms with Crippen molar-refractivity contribution >= 4 is 0 Å². The first kappa shape index (κ1) is 15.7. The predicted molar refractivity (Wildman–Crippen MR) is 75.8 cm³/mol. The minimum absolute atomic E-state index is 0.135. The molecule has 0 amide bonds. The number of rotatable bonds is 5. The molecule has 21 heavy (non-hydrogen) atoms. The summed E-state index contributed by atoms with van der Waals surface area (Å²) in [6.07, 6.45) is 0. The molecule has 1 aromatic heterocycles. The maximum atomic E-state index is 13.5. The summed E-state index contributed by atoms with van der Waals surface area (Å²) >= 11 is 0. The van der Waals surface area contributed by atoms with Crippen LogP contribution in [0.5, 0.6) is 0 Å². The highest BCUT2D eigenvalue weighted by Crippen LogP contribution is 2.26. The molecule has 3 nitrogen and oxygen atoms in total. The van der Waals surface area contributed by atoms with Gasteiger partial charge in [-0.3, -0.25) is 0 Å². The van der Waals surface area contributed by atoms with E-state index in [1.807, 2.05) is 6.92 Å². The van der Waals surface area contributed by atoms with Crippen molar-refractivity contribution in [2.75, 3.05) is 6.54 Å². The first-order chi connectivity index (χ1) is 9.79. The van der Waals surface area contributed by atoms with Crippen molar-refractivity contribution < 1.29 is 18.3 Å². The highest BCUT2D eigenvalue weighted by molar-refractivity contribution is 5.27. The van der Waals surface area contributed by atoms with Gasteiger partial charge in [0.25, 0.3) is 0 Å². The van der Waals surface area contributed by atoms with E-state index in [2.05, 4.69) is 5.32 Å². The molecule has 0 saturated heterocycles. The molecule has 1 aromatic carbocycles. The van der Waals surface area contributed by atoms with Gasteiger partial charge in [-0.15, -0.1) is 0 Å². The minimum atomic E-state index is -1.15. The summed E-state index contributed by atoms with van der Waals surface area (Å²) in [5.74, 6) is 0.412. The number of halogens is 2. The summed E-state index contributed by atoms with van der Waals surface area (Å²) in [7, 11) is 0. The number of aryl methyl sites for hydroxylation is 2. The molecule has 0 spiro atoms. The highest BCUT2D eigenvalue weighted by atomic mass is 19.1. The monoisotopic (exact) mass is 295 g/mol. The number of hydrogen-bond acceptors (Lipinski definition) is 3. The van der Waals surface area contributed by atoms with E-state index in [0.717, 1.165) is 24.0 Å². The number of furan rings is 1. The Morgan fingerprint density at radius 3 is 2.57 bits per heavy atom. The van der Waals surface area contributed by atoms with E-state index < -0.39 is 17.2 Å². The first-order valence-corrected chi connectivity index (χ1v) is 6.74. The van der Waals surface area contributed by atoms with Crippen LogP contribution in [0.25, 0.3) is 0 Å². The maximum absolute atomic E-state index is 13.5. The number of benzene rings is 1. The average molecular weight is 295 g/mol. The van der Waals surface area contributed by atoms with Gasteiger partial charge in [-0.25, -0.2) is 8.78 Å². The van der Waals surface area contributed by atoms with Gasteiger partial charge in [-0.1, -0.05) is 0 Å². The number of aliphatic hydroxyl groups is 1. The predicted octanol–water partition coefficient (Wildman–Crippen LogP) is 3.17. The summed E-state index contributed by atoms with van der Waals surface area (Å²) in [6, 6.07) is 5.09. The van der Waals surface area contributed by atoms with Crippen molar-refractivity contribution in [2.45, 2.75) is 32.9 Å². The molecular weight excluding hydrogens is 276 g/mol. The lowest BCUT2D eigenvalue weighted by Gasteiger charge is -2.23. The molecule has 1 atom stereocenters. The second kappa shape index (κ2) is 5.95. The Labute approximate surface area is 122 Å². The molecule has 5 heteroatoms. The van der Waals surface area contributed by atoms with Gasteiger partial charge in [0.1, 0.15) is 28.8 Å². The number of hydrogen-bond donors (Lipinski definition) is 2. The molecule has 0 bridgehead atoms. The Kier molecular flexibility index (Phi) is 4.44. The maximum Gasteiger partial charge on any atom is 0.127 e. The van der Waals surface area contributed by atoms with Crippen molar-refractivity contribution in [1.29, 1.82) is 0 Å². The molecule has 0 saturated carbocycles.